The van der Waals surface area contributed by atoms with Gasteiger partial charge in [0.2, 0.25) is 0 Å². The first-order chi connectivity index (χ1) is 20.1. The van der Waals surface area contributed by atoms with Crippen molar-refractivity contribution in [2.75, 3.05) is 24.4 Å². The van der Waals surface area contributed by atoms with E-state index in [9.17, 15) is 44.7 Å². The number of hydrogen-bond acceptors (Lipinski definition) is 5. The molecule has 0 aliphatic rings. The summed E-state index contributed by atoms with van der Waals surface area (Å²) < 4.78 is 113. The van der Waals surface area contributed by atoms with Crippen molar-refractivity contribution in [3.8, 4) is 5.75 Å². The summed E-state index contributed by atoms with van der Waals surface area (Å²) in [6.45, 7) is -0.440. The van der Waals surface area contributed by atoms with Crippen molar-refractivity contribution in [3.05, 3.63) is 93.4 Å². The van der Waals surface area contributed by atoms with Gasteiger partial charge in [-0.25, -0.2) is 8.78 Å². The monoisotopic (exact) mass is 630 g/mol. The molecule has 2 amide bonds. The minimum absolute atomic E-state index is 0.0203. The van der Waals surface area contributed by atoms with E-state index in [4.69, 9.17) is 9.84 Å². The number of nitrogens with one attached hydrogen (secondary N) is 2. The number of thiophene rings is 1. The molecule has 226 valence electrons. The van der Waals surface area contributed by atoms with Crippen molar-refractivity contribution in [2.45, 2.75) is 12.4 Å². The van der Waals surface area contributed by atoms with Crippen LogP contribution in [0.2, 0.25) is 0 Å². The zero-order chi connectivity index (χ0) is 31.7. The summed E-state index contributed by atoms with van der Waals surface area (Å²) in [4.78, 5) is 26.2. The van der Waals surface area contributed by atoms with Crippen LogP contribution < -0.4 is 15.4 Å². The molecule has 3 aromatic carbocycles. The Bertz CT molecular complexity index is 1750. The molecule has 15 heteroatoms. The first-order valence-electron chi connectivity index (χ1n) is 11.9. The molecule has 1 heterocycles. The molecule has 0 bridgehead atoms. The lowest BCUT2D eigenvalue weighted by atomic mass is 10.1. The summed E-state index contributed by atoms with van der Waals surface area (Å²) in [5.74, 6) is -4.75. The molecule has 0 unspecified atom stereocenters. The smallest absolute Gasteiger partial charge is 0.419 e. The van der Waals surface area contributed by atoms with Crippen LogP contribution in [0.4, 0.5) is 46.5 Å². The highest BCUT2D eigenvalue weighted by Gasteiger charge is 2.35. The molecular weight excluding hydrogens is 612 g/mol. The molecule has 0 aliphatic carbocycles. The Balaban J connectivity index is 1.81. The number of rotatable bonds is 7. The molecule has 43 heavy (non-hydrogen) atoms. The normalized spacial score (nSPS) is 12.1. The lowest BCUT2D eigenvalue weighted by Gasteiger charge is -2.13. The van der Waals surface area contributed by atoms with Crippen LogP contribution in [-0.4, -0.2) is 30.6 Å². The Morgan fingerprint density at radius 3 is 2.26 bits per heavy atom. The van der Waals surface area contributed by atoms with Crippen molar-refractivity contribution >= 4 is 50.7 Å². The highest BCUT2D eigenvalue weighted by atomic mass is 32.1. The van der Waals surface area contributed by atoms with Crippen LogP contribution in [0, 0.1) is 11.6 Å². The number of halogens is 8. The number of methoxy groups -OCH3 is 1. The third kappa shape index (κ3) is 6.78. The Kier molecular flexibility index (Phi) is 8.78. The lowest BCUT2D eigenvalue weighted by Crippen LogP contribution is -2.18. The quantitative estimate of drug-likeness (QED) is 0.183. The second kappa shape index (κ2) is 12.0. The number of benzene rings is 3. The van der Waals surface area contributed by atoms with Gasteiger partial charge in [0.25, 0.3) is 11.8 Å². The molecule has 4 rings (SSSR count). The number of carbonyl (C=O) groups is 2. The van der Waals surface area contributed by atoms with Gasteiger partial charge in [-0.1, -0.05) is 18.2 Å². The average Bonchev–Trinajstić information content (AvgIpc) is 3.29. The van der Waals surface area contributed by atoms with Crippen molar-refractivity contribution < 1.29 is 54.6 Å². The summed E-state index contributed by atoms with van der Waals surface area (Å²) >= 11 is 0.505. The van der Waals surface area contributed by atoms with Gasteiger partial charge in [-0.2, -0.15) is 26.3 Å². The van der Waals surface area contributed by atoms with Gasteiger partial charge in [-0.3, -0.25) is 9.59 Å². The van der Waals surface area contributed by atoms with Crippen LogP contribution in [0.15, 0.2) is 54.6 Å². The Morgan fingerprint density at radius 1 is 0.907 bits per heavy atom. The number of fused-ring (bicyclic) bond motifs is 1. The number of aliphatic hydroxyl groups excluding tert-OH is 1. The van der Waals surface area contributed by atoms with E-state index in [0.29, 0.717) is 29.5 Å². The standard InChI is InChI=1S/C28H18F8N2O4S/c1-42-21-12-20(30)13(3-2-8-39)9-17(21)25(40)38-23-16-6-4-14(27(31,32)33)10-22(16)43-24(23)26(41)37-15-5-7-19(29)18(11-15)28(34,35)36/h2-7,9-12,39H,8H2,1H3,(H,37,41)(H,38,40)/b3-2+. The maximum absolute atomic E-state index is 14.4. The molecule has 0 saturated carbocycles. The molecule has 0 atom stereocenters. The van der Waals surface area contributed by atoms with E-state index in [0.717, 1.165) is 37.4 Å². The van der Waals surface area contributed by atoms with Crippen molar-refractivity contribution in [3.63, 3.8) is 0 Å². The van der Waals surface area contributed by atoms with E-state index < -0.39 is 64.1 Å². The highest BCUT2D eigenvalue weighted by Crippen LogP contribution is 2.41. The van der Waals surface area contributed by atoms with Gasteiger partial charge in [0.15, 0.2) is 0 Å². The van der Waals surface area contributed by atoms with E-state index >= 15 is 0 Å². The van der Waals surface area contributed by atoms with E-state index in [2.05, 4.69) is 10.6 Å². The predicted molar refractivity (Wildman–Crippen MR) is 143 cm³/mol. The van der Waals surface area contributed by atoms with E-state index in [1.165, 1.54) is 12.2 Å². The Hall–Kier alpha value is -4.50. The summed E-state index contributed by atoms with van der Waals surface area (Å²) in [7, 11) is 1.14. The minimum Gasteiger partial charge on any atom is -0.496 e. The zero-order valence-electron chi connectivity index (χ0n) is 21.6. The number of carbonyl (C=O) groups excluding carboxylic acids is 2. The molecule has 0 aliphatic heterocycles. The fraction of sp³-hybridized carbons (Fsp3) is 0.143. The third-order valence-electron chi connectivity index (χ3n) is 5.96. The van der Waals surface area contributed by atoms with Crippen molar-refractivity contribution in [2.24, 2.45) is 0 Å². The number of anilines is 2. The Labute approximate surface area is 241 Å². The number of alkyl halides is 6. The maximum Gasteiger partial charge on any atom is 0.419 e. The van der Waals surface area contributed by atoms with Gasteiger partial charge in [0.05, 0.1) is 36.1 Å². The van der Waals surface area contributed by atoms with E-state index in [-0.39, 0.29) is 32.6 Å². The summed E-state index contributed by atoms with van der Waals surface area (Å²) in [5.41, 5.74) is -3.90. The summed E-state index contributed by atoms with van der Waals surface area (Å²) in [6.07, 6.45) is -7.47. The SMILES string of the molecule is COc1cc(F)c(/C=C/CO)cc1C(=O)Nc1c(C(=O)Nc2ccc(F)c(C(F)(F)F)c2)sc2cc(C(F)(F)F)ccc12. The zero-order valence-corrected chi connectivity index (χ0v) is 22.4. The second-order valence-electron chi connectivity index (χ2n) is 8.77. The largest absolute Gasteiger partial charge is 0.496 e. The molecule has 0 radical (unpaired) electrons. The van der Waals surface area contributed by atoms with E-state index in [1.54, 1.807) is 0 Å². The first kappa shape index (κ1) is 31.4. The van der Waals surface area contributed by atoms with Gasteiger partial charge in [0, 0.05) is 27.4 Å². The minimum atomic E-state index is -5.09. The summed E-state index contributed by atoms with van der Waals surface area (Å²) in [6, 6.07) is 6.05. The molecule has 6 nitrogen and oxygen atoms in total. The van der Waals surface area contributed by atoms with Gasteiger partial charge < -0.3 is 20.5 Å². The van der Waals surface area contributed by atoms with Crippen LogP contribution in [0.25, 0.3) is 16.2 Å². The summed E-state index contributed by atoms with van der Waals surface area (Å²) in [5, 5.41) is 13.5. The molecular formula is C28H18F8N2O4S. The number of amides is 2. The van der Waals surface area contributed by atoms with Gasteiger partial charge in [0.1, 0.15) is 22.3 Å². The number of hydrogen-bond donors (Lipinski definition) is 3. The van der Waals surface area contributed by atoms with Crippen LogP contribution >= 0.6 is 11.3 Å². The Morgan fingerprint density at radius 2 is 1.63 bits per heavy atom. The molecule has 3 N–H and O–H groups in total. The molecule has 1 aromatic heterocycles. The highest BCUT2D eigenvalue weighted by molar-refractivity contribution is 7.21. The third-order valence-corrected chi connectivity index (χ3v) is 7.11. The van der Waals surface area contributed by atoms with E-state index in [1.807, 2.05) is 0 Å². The second-order valence-corrected chi connectivity index (χ2v) is 9.83. The number of aliphatic hydroxyl groups is 1. The maximum atomic E-state index is 14.4. The van der Waals surface area contributed by atoms with Crippen molar-refractivity contribution in [1.29, 1.82) is 0 Å². The first-order valence-corrected chi connectivity index (χ1v) is 12.7. The fourth-order valence-corrected chi connectivity index (χ4v) is 5.06. The predicted octanol–water partition coefficient (Wildman–Crippen LogP) is 7.74. The lowest BCUT2D eigenvalue weighted by molar-refractivity contribution is -0.140. The molecule has 4 aromatic rings. The van der Waals surface area contributed by atoms with Crippen LogP contribution in [-0.2, 0) is 12.4 Å². The van der Waals surface area contributed by atoms with Gasteiger partial charge >= 0.3 is 12.4 Å². The van der Waals surface area contributed by atoms with Crippen LogP contribution in [0.5, 0.6) is 5.75 Å². The average molecular weight is 631 g/mol. The number of ether oxygens (including phenoxy) is 1. The van der Waals surface area contributed by atoms with Crippen molar-refractivity contribution in [1.82, 2.24) is 0 Å². The van der Waals surface area contributed by atoms with Crippen LogP contribution in [0.3, 0.4) is 0 Å². The topological polar surface area (TPSA) is 87.7 Å². The van der Waals surface area contributed by atoms with Gasteiger partial charge in [-0.15, -0.1) is 11.3 Å². The van der Waals surface area contributed by atoms with Crippen LogP contribution in [0.1, 0.15) is 36.7 Å². The fourth-order valence-electron chi connectivity index (χ4n) is 3.97. The molecule has 0 spiro atoms. The molecule has 0 fully saturated rings. The molecule has 0 saturated heterocycles. The van der Waals surface area contributed by atoms with Gasteiger partial charge in [-0.05, 0) is 36.4 Å².